The van der Waals surface area contributed by atoms with Gasteiger partial charge in [-0.3, -0.25) is 4.79 Å². The minimum atomic E-state index is -0.237. The Morgan fingerprint density at radius 2 is 2.08 bits per heavy atom. The Morgan fingerprint density at radius 1 is 1.46 bits per heavy atom. The lowest BCUT2D eigenvalue weighted by atomic mass is 9.74. The normalized spacial score (nSPS) is 30.8. The SMILES string of the molecule is CC[C@@H]1O[C@H](COC(C)=O)C1(C)C. The first-order valence-electron chi connectivity index (χ1n) is 4.77. The third-order valence-electron chi connectivity index (χ3n) is 2.80. The van der Waals surface area contributed by atoms with E-state index >= 15 is 0 Å². The molecule has 1 saturated heterocycles. The molecule has 3 heteroatoms. The van der Waals surface area contributed by atoms with Gasteiger partial charge in [-0.25, -0.2) is 0 Å². The Kier molecular flexibility index (Phi) is 2.96. The number of carbonyl (C=O) groups excluding carboxylic acids is 1. The Morgan fingerprint density at radius 3 is 2.46 bits per heavy atom. The van der Waals surface area contributed by atoms with E-state index in [1.165, 1.54) is 6.92 Å². The molecule has 0 aromatic rings. The van der Waals surface area contributed by atoms with E-state index < -0.39 is 0 Å². The highest BCUT2D eigenvalue weighted by atomic mass is 16.6. The first-order valence-corrected chi connectivity index (χ1v) is 4.77. The minimum Gasteiger partial charge on any atom is -0.463 e. The van der Waals surface area contributed by atoms with E-state index in [4.69, 9.17) is 9.47 Å². The summed E-state index contributed by atoms with van der Waals surface area (Å²) >= 11 is 0. The summed E-state index contributed by atoms with van der Waals surface area (Å²) in [5.74, 6) is -0.237. The van der Waals surface area contributed by atoms with Gasteiger partial charge in [-0.2, -0.15) is 0 Å². The van der Waals surface area contributed by atoms with Gasteiger partial charge < -0.3 is 9.47 Å². The minimum absolute atomic E-state index is 0.0707. The van der Waals surface area contributed by atoms with Crippen LogP contribution in [-0.4, -0.2) is 24.8 Å². The maximum Gasteiger partial charge on any atom is 0.302 e. The second kappa shape index (κ2) is 3.66. The number of carbonyl (C=O) groups is 1. The second-order valence-electron chi connectivity index (χ2n) is 4.15. The van der Waals surface area contributed by atoms with Crippen LogP contribution in [0.15, 0.2) is 0 Å². The van der Waals surface area contributed by atoms with Crippen molar-refractivity contribution in [1.82, 2.24) is 0 Å². The van der Waals surface area contributed by atoms with Crippen LogP contribution in [0.2, 0.25) is 0 Å². The summed E-state index contributed by atoms with van der Waals surface area (Å²) in [6.07, 6.45) is 1.40. The number of rotatable bonds is 3. The van der Waals surface area contributed by atoms with Crippen molar-refractivity contribution in [2.24, 2.45) is 5.41 Å². The molecule has 2 atom stereocenters. The van der Waals surface area contributed by atoms with Crippen LogP contribution in [0, 0.1) is 5.41 Å². The topological polar surface area (TPSA) is 35.5 Å². The van der Waals surface area contributed by atoms with E-state index in [0.717, 1.165) is 6.42 Å². The number of ether oxygens (including phenoxy) is 2. The Bertz CT molecular complexity index is 198. The lowest BCUT2D eigenvalue weighted by Gasteiger charge is -2.51. The molecule has 1 rings (SSSR count). The van der Waals surface area contributed by atoms with E-state index in [-0.39, 0.29) is 17.5 Å². The summed E-state index contributed by atoms with van der Waals surface area (Å²) < 4.78 is 10.5. The van der Waals surface area contributed by atoms with E-state index in [1.54, 1.807) is 0 Å². The molecule has 0 bridgehead atoms. The van der Waals surface area contributed by atoms with Crippen molar-refractivity contribution in [2.75, 3.05) is 6.61 Å². The van der Waals surface area contributed by atoms with Crippen LogP contribution in [0.25, 0.3) is 0 Å². The molecule has 0 spiro atoms. The Labute approximate surface area is 79.4 Å². The molecule has 0 radical (unpaired) electrons. The number of hydrogen-bond acceptors (Lipinski definition) is 3. The summed E-state index contributed by atoms with van der Waals surface area (Å²) in [7, 11) is 0. The van der Waals surface area contributed by atoms with E-state index in [0.29, 0.717) is 12.7 Å². The van der Waals surface area contributed by atoms with Crippen LogP contribution in [0.3, 0.4) is 0 Å². The first-order chi connectivity index (χ1) is 5.98. The van der Waals surface area contributed by atoms with Crippen molar-refractivity contribution >= 4 is 5.97 Å². The smallest absolute Gasteiger partial charge is 0.302 e. The molecule has 0 aromatic carbocycles. The molecule has 0 saturated carbocycles. The van der Waals surface area contributed by atoms with Crippen LogP contribution in [-0.2, 0) is 14.3 Å². The highest BCUT2D eigenvalue weighted by Gasteiger charge is 2.48. The zero-order valence-electron chi connectivity index (χ0n) is 8.79. The van der Waals surface area contributed by atoms with E-state index in [2.05, 4.69) is 20.8 Å². The third kappa shape index (κ3) is 2.02. The van der Waals surface area contributed by atoms with Crippen molar-refractivity contribution in [2.45, 2.75) is 46.3 Å². The highest BCUT2D eigenvalue weighted by Crippen LogP contribution is 2.42. The van der Waals surface area contributed by atoms with Gasteiger partial charge in [-0.15, -0.1) is 0 Å². The number of hydrogen-bond donors (Lipinski definition) is 0. The molecule has 0 aromatic heterocycles. The van der Waals surface area contributed by atoms with Gasteiger partial charge in [0, 0.05) is 12.3 Å². The van der Waals surface area contributed by atoms with Crippen LogP contribution < -0.4 is 0 Å². The molecule has 0 unspecified atom stereocenters. The predicted octanol–water partition coefficient (Wildman–Crippen LogP) is 1.75. The predicted molar refractivity (Wildman–Crippen MR) is 49.4 cm³/mol. The van der Waals surface area contributed by atoms with Crippen molar-refractivity contribution in [3.05, 3.63) is 0 Å². The molecular weight excluding hydrogens is 168 g/mol. The average Bonchev–Trinajstić information content (AvgIpc) is 2.02. The van der Waals surface area contributed by atoms with Gasteiger partial charge in [0.25, 0.3) is 0 Å². The average molecular weight is 186 g/mol. The van der Waals surface area contributed by atoms with Crippen LogP contribution in [0.5, 0.6) is 0 Å². The third-order valence-corrected chi connectivity index (χ3v) is 2.80. The fourth-order valence-electron chi connectivity index (χ4n) is 1.75. The number of esters is 1. The lowest BCUT2D eigenvalue weighted by molar-refractivity contribution is -0.249. The van der Waals surface area contributed by atoms with Crippen LogP contribution in [0.4, 0.5) is 0 Å². The lowest BCUT2D eigenvalue weighted by Crippen LogP contribution is -2.57. The molecule has 1 fully saturated rings. The van der Waals surface area contributed by atoms with Gasteiger partial charge in [0.1, 0.15) is 6.61 Å². The van der Waals surface area contributed by atoms with Crippen LogP contribution >= 0.6 is 0 Å². The molecule has 1 aliphatic rings. The first kappa shape index (κ1) is 10.5. The highest BCUT2D eigenvalue weighted by molar-refractivity contribution is 5.65. The van der Waals surface area contributed by atoms with Crippen molar-refractivity contribution in [3.63, 3.8) is 0 Å². The molecule has 1 heterocycles. The van der Waals surface area contributed by atoms with Gasteiger partial charge in [0.15, 0.2) is 0 Å². The van der Waals surface area contributed by atoms with Gasteiger partial charge in [0.05, 0.1) is 12.2 Å². The van der Waals surface area contributed by atoms with Gasteiger partial charge in [-0.05, 0) is 6.42 Å². The maximum absolute atomic E-state index is 10.6. The van der Waals surface area contributed by atoms with Gasteiger partial charge in [0.2, 0.25) is 0 Å². The monoisotopic (exact) mass is 186 g/mol. The summed E-state index contributed by atoms with van der Waals surface area (Å²) in [4.78, 5) is 10.6. The zero-order chi connectivity index (χ0) is 10.1. The standard InChI is InChI=1S/C10H18O3/c1-5-8-10(3,4)9(13-8)6-12-7(2)11/h8-9H,5-6H2,1-4H3/t8-,9+/m0/s1. The summed E-state index contributed by atoms with van der Waals surface area (Å²) in [6.45, 7) is 8.22. The molecule has 13 heavy (non-hydrogen) atoms. The zero-order valence-corrected chi connectivity index (χ0v) is 8.79. The molecule has 3 nitrogen and oxygen atoms in total. The fourth-order valence-corrected chi connectivity index (χ4v) is 1.75. The van der Waals surface area contributed by atoms with E-state index in [1.807, 2.05) is 0 Å². The van der Waals surface area contributed by atoms with Crippen LogP contribution in [0.1, 0.15) is 34.1 Å². The molecule has 0 amide bonds. The molecule has 1 aliphatic heterocycles. The molecular formula is C10H18O3. The fraction of sp³-hybridized carbons (Fsp3) is 0.900. The molecule has 0 aliphatic carbocycles. The summed E-state index contributed by atoms with van der Waals surface area (Å²) in [6, 6.07) is 0. The quantitative estimate of drug-likeness (QED) is 0.630. The Hall–Kier alpha value is -0.570. The molecule has 76 valence electrons. The molecule has 0 N–H and O–H groups in total. The van der Waals surface area contributed by atoms with Crippen molar-refractivity contribution < 1.29 is 14.3 Å². The summed E-state index contributed by atoms with van der Waals surface area (Å²) in [5.41, 5.74) is 0.143. The van der Waals surface area contributed by atoms with Crippen molar-refractivity contribution in [1.29, 1.82) is 0 Å². The summed E-state index contributed by atoms with van der Waals surface area (Å²) in [5, 5.41) is 0. The second-order valence-corrected chi connectivity index (χ2v) is 4.15. The Balaban J connectivity index is 2.35. The maximum atomic E-state index is 10.6. The van der Waals surface area contributed by atoms with Gasteiger partial charge >= 0.3 is 5.97 Å². The van der Waals surface area contributed by atoms with Gasteiger partial charge in [-0.1, -0.05) is 20.8 Å². The van der Waals surface area contributed by atoms with Crippen molar-refractivity contribution in [3.8, 4) is 0 Å². The largest absolute Gasteiger partial charge is 0.463 e. The van der Waals surface area contributed by atoms with E-state index in [9.17, 15) is 4.79 Å².